The fourth-order valence-electron chi connectivity index (χ4n) is 3.31. The predicted octanol–water partition coefficient (Wildman–Crippen LogP) is 5.01. The maximum absolute atomic E-state index is 13.0. The third-order valence-electron chi connectivity index (χ3n) is 5.01. The van der Waals surface area contributed by atoms with Gasteiger partial charge in [0, 0.05) is 22.0 Å². The molecule has 1 aromatic heterocycles. The van der Waals surface area contributed by atoms with Crippen LogP contribution in [0.25, 0.3) is 10.6 Å². The number of nitrogens with one attached hydrogen (secondary N) is 1. The summed E-state index contributed by atoms with van der Waals surface area (Å²) in [7, 11) is 0. The summed E-state index contributed by atoms with van der Waals surface area (Å²) in [6, 6.07) is 19.7. The fourth-order valence-corrected chi connectivity index (χ4v) is 5.43. The summed E-state index contributed by atoms with van der Waals surface area (Å²) >= 11 is 3.33. The third kappa shape index (κ3) is 3.72. The van der Waals surface area contributed by atoms with Gasteiger partial charge in [-0.1, -0.05) is 54.2 Å². The summed E-state index contributed by atoms with van der Waals surface area (Å²) in [6.45, 7) is 0. The van der Waals surface area contributed by atoms with Gasteiger partial charge in [-0.05, 0) is 43.5 Å². The summed E-state index contributed by atoms with van der Waals surface area (Å²) in [5.74, 6) is 1.97. The van der Waals surface area contributed by atoms with Crippen molar-refractivity contribution in [3.05, 3.63) is 72.6 Å². The first-order chi connectivity index (χ1) is 14.3. The number of rotatable bonds is 6. The van der Waals surface area contributed by atoms with E-state index in [1.807, 2.05) is 60.3 Å². The van der Waals surface area contributed by atoms with Crippen LogP contribution in [0.3, 0.4) is 0 Å². The van der Waals surface area contributed by atoms with Gasteiger partial charge in [-0.25, -0.2) is 0 Å². The van der Waals surface area contributed by atoms with E-state index < -0.39 is 4.75 Å². The molecule has 1 amide bonds. The monoisotopic (exact) mass is 420 g/mol. The summed E-state index contributed by atoms with van der Waals surface area (Å²) < 4.78 is 1.61. The van der Waals surface area contributed by atoms with Crippen LogP contribution in [0.4, 0.5) is 5.69 Å². The molecule has 1 saturated carbocycles. The predicted molar refractivity (Wildman–Crippen MR) is 119 cm³/mol. The number of thioether (sulfide) groups is 2. The number of nitrogens with zero attached hydrogens (tertiary/aromatic N) is 3. The van der Waals surface area contributed by atoms with Crippen molar-refractivity contribution in [1.29, 1.82) is 0 Å². The number of carbonyl (C=O) groups is 1. The molecule has 1 aliphatic heterocycles. The molecule has 5 nitrogen and oxygen atoms in total. The van der Waals surface area contributed by atoms with Crippen LogP contribution in [0.1, 0.15) is 25.1 Å². The third-order valence-corrected chi connectivity index (χ3v) is 7.54. The van der Waals surface area contributed by atoms with Gasteiger partial charge in [-0.2, -0.15) is 0 Å². The van der Waals surface area contributed by atoms with Gasteiger partial charge in [0.1, 0.15) is 4.75 Å². The van der Waals surface area contributed by atoms with Crippen LogP contribution >= 0.6 is 23.5 Å². The van der Waals surface area contributed by atoms with E-state index in [9.17, 15) is 4.79 Å². The summed E-state index contributed by atoms with van der Waals surface area (Å²) in [5.41, 5.74) is 1.84. The Morgan fingerprint density at radius 2 is 1.76 bits per heavy atom. The molecule has 2 aromatic carbocycles. The van der Waals surface area contributed by atoms with Gasteiger partial charge in [0.15, 0.2) is 11.0 Å². The summed E-state index contributed by atoms with van der Waals surface area (Å²) in [4.78, 5) is 14.2. The first-order valence-corrected chi connectivity index (χ1v) is 11.5. The number of anilines is 1. The molecule has 0 bridgehead atoms. The quantitative estimate of drug-likeness (QED) is 0.607. The lowest BCUT2D eigenvalue weighted by molar-refractivity contribution is -0.116. The Balaban J connectivity index is 1.46. The van der Waals surface area contributed by atoms with E-state index in [0.29, 0.717) is 0 Å². The average molecular weight is 421 g/mol. The van der Waals surface area contributed by atoms with Crippen LogP contribution in [-0.2, 0) is 4.79 Å². The molecular formula is C22H20N4OS2. The number of allylic oxidation sites excluding steroid dienone is 1. The van der Waals surface area contributed by atoms with E-state index >= 15 is 0 Å². The van der Waals surface area contributed by atoms with Gasteiger partial charge in [-0.3, -0.25) is 9.36 Å². The summed E-state index contributed by atoms with van der Waals surface area (Å²) in [5, 5.41) is 12.8. The van der Waals surface area contributed by atoms with Crippen molar-refractivity contribution in [3.8, 4) is 5.69 Å². The molecule has 0 radical (unpaired) electrons. The summed E-state index contributed by atoms with van der Waals surface area (Å²) in [6.07, 6.45) is 4.95. The highest BCUT2D eigenvalue weighted by Gasteiger charge is 2.52. The second kappa shape index (κ2) is 7.72. The molecule has 0 atom stereocenters. The van der Waals surface area contributed by atoms with Crippen LogP contribution < -0.4 is 5.32 Å². The SMILES string of the molecule is O=C(Nc1ccccc1)C1(Sc2nnc(C3=CCCS3)n2-c2ccccc2)CC1. The van der Waals surface area contributed by atoms with Crippen molar-refractivity contribution in [3.63, 3.8) is 0 Å². The number of hydrogen-bond acceptors (Lipinski definition) is 5. The van der Waals surface area contributed by atoms with Crippen molar-refractivity contribution in [2.45, 2.75) is 29.2 Å². The minimum atomic E-state index is -0.482. The second-order valence-corrected chi connectivity index (χ2v) is 9.59. The Bertz CT molecular complexity index is 1060. The zero-order valence-electron chi connectivity index (χ0n) is 15.7. The number of hydrogen-bond donors (Lipinski definition) is 1. The van der Waals surface area contributed by atoms with Crippen LogP contribution in [0.15, 0.2) is 71.9 Å². The van der Waals surface area contributed by atoms with Gasteiger partial charge in [-0.15, -0.1) is 22.0 Å². The topological polar surface area (TPSA) is 59.8 Å². The average Bonchev–Trinajstić information content (AvgIpc) is 3.14. The van der Waals surface area contributed by atoms with E-state index in [4.69, 9.17) is 0 Å². The Kier molecular flexibility index (Phi) is 4.93. The molecule has 1 aliphatic carbocycles. The first-order valence-electron chi connectivity index (χ1n) is 9.65. The van der Waals surface area contributed by atoms with Crippen molar-refractivity contribution in [2.24, 2.45) is 0 Å². The van der Waals surface area contributed by atoms with Gasteiger partial charge in [0.25, 0.3) is 0 Å². The molecule has 1 N–H and O–H groups in total. The maximum atomic E-state index is 13.0. The number of amides is 1. The lowest BCUT2D eigenvalue weighted by Gasteiger charge is -2.16. The van der Waals surface area contributed by atoms with E-state index in [0.717, 1.165) is 52.3 Å². The largest absolute Gasteiger partial charge is 0.325 e. The molecule has 146 valence electrons. The highest BCUT2D eigenvalue weighted by molar-refractivity contribution is 8.08. The molecule has 2 aliphatic rings. The minimum absolute atomic E-state index is 0.0346. The molecule has 2 heterocycles. The second-order valence-electron chi connectivity index (χ2n) is 7.10. The fraction of sp³-hybridized carbons (Fsp3) is 0.227. The number of aromatic nitrogens is 3. The Hall–Kier alpha value is -2.51. The lowest BCUT2D eigenvalue weighted by atomic mass is 10.3. The van der Waals surface area contributed by atoms with E-state index in [-0.39, 0.29) is 5.91 Å². The van der Waals surface area contributed by atoms with Crippen molar-refractivity contribution >= 4 is 40.0 Å². The van der Waals surface area contributed by atoms with Crippen LogP contribution in [0.2, 0.25) is 0 Å². The molecule has 0 unspecified atom stereocenters. The number of benzene rings is 2. The van der Waals surface area contributed by atoms with Crippen LogP contribution in [0, 0.1) is 0 Å². The lowest BCUT2D eigenvalue weighted by Crippen LogP contribution is -2.27. The van der Waals surface area contributed by atoms with Crippen molar-refractivity contribution in [2.75, 3.05) is 11.1 Å². The molecule has 29 heavy (non-hydrogen) atoms. The molecule has 7 heteroatoms. The number of para-hydroxylation sites is 2. The normalized spacial score (nSPS) is 17.0. The highest BCUT2D eigenvalue weighted by Crippen LogP contribution is 2.52. The molecule has 0 spiro atoms. The number of carbonyl (C=O) groups excluding carboxylic acids is 1. The van der Waals surface area contributed by atoms with E-state index in [1.165, 1.54) is 11.8 Å². The molecule has 3 aromatic rings. The van der Waals surface area contributed by atoms with Crippen molar-refractivity contribution in [1.82, 2.24) is 14.8 Å². The smallest absolute Gasteiger partial charge is 0.241 e. The Labute approximate surface area is 178 Å². The minimum Gasteiger partial charge on any atom is -0.325 e. The van der Waals surface area contributed by atoms with Crippen molar-refractivity contribution < 1.29 is 4.79 Å². The highest BCUT2D eigenvalue weighted by atomic mass is 32.2. The van der Waals surface area contributed by atoms with E-state index in [1.54, 1.807) is 0 Å². The first kappa shape index (κ1) is 18.5. The molecular weight excluding hydrogens is 400 g/mol. The molecule has 0 saturated heterocycles. The van der Waals surface area contributed by atoms with Crippen LogP contribution in [-0.4, -0.2) is 31.2 Å². The zero-order chi connectivity index (χ0) is 19.7. The maximum Gasteiger partial charge on any atom is 0.241 e. The van der Waals surface area contributed by atoms with Gasteiger partial charge < -0.3 is 5.32 Å². The Morgan fingerprint density at radius 3 is 2.41 bits per heavy atom. The van der Waals surface area contributed by atoms with Gasteiger partial charge >= 0.3 is 0 Å². The van der Waals surface area contributed by atoms with Gasteiger partial charge in [0.05, 0.1) is 0 Å². The van der Waals surface area contributed by atoms with Crippen LogP contribution in [0.5, 0.6) is 0 Å². The standard InChI is InChI=1S/C22H20N4OS2/c27-20(23-16-8-3-1-4-9-16)22(13-14-22)29-21-25-24-19(18-12-7-15-28-18)26(21)17-10-5-2-6-11-17/h1-6,8-12H,7,13-15H2,(H,23,27). The molecule has 1 fully saturated rings. The Morgan fingerprint density at radius 1 is 1.03 bits per heavy atom. The van der Waals surface area contributed by atoms with Gasteiger partial charge in [0.2, 0.25) is 5.91 Å². The molecule has 5 rings (SSSR count). The zero-order valence-corrected chi connectivity index (χ0v) is 17.4. The van der Waals surface area contributed by atoms with E-state index in [2.05, 4.69) is 38.3 Å².